The second kappa shape index (κ2) is 5.43. The molecule has 0 aliphatic rings. The summed E-state index contributed by atoms with van der Waals surface area (Å²) < 4.78 is 3.94. The van der Waals surface area contributed by atoms with Crippen LogP contribution in [0.2, 0.25) is 0 Å². The molecular formula is C11H17N3O3S. The molecule has 0 spiro atoms. The van der Waals surface area contributed by atoms with Gasteiger partial charge in [0.05, 0.1) is 5.41 Å². The molecule has 1 aromatic heterocycles. The molecule has 100 valence electrons. The number of aliphatic carboxylic acids is 1. The number of aromatic nitrogens is 2. The molecule has 1 aromatic rings. The maximum absolute atomic E-state index is 11.8. The van der Waals surface area contributed by atoms with Crippen LogP contribution in [-0.4, -0.2) is 26.3 Å². The van der Waals surface area contributed by atoms with Gasteiger partial charge in [0.2, 0.25) is 11.0 Å². The molecule has 0 radical (unpaired) electrons. The standard InChI is InChI=1S/C11H17N3O3S/c1-6(2)11(4,9(16)17)5-8(15)13-10-12-7(3)14-18-10/h6H,5H2,1-4H3,(H,16,17)(H,12,13,14,15). The van der Waals surface area contributed by atoms with E-state index in [1.807, 2.05) is 0 Å². The second-order valence-electron chi connectivity index (χ2n) is 4.75. The number of carboxylic acids is 1. The monoisotopic (exact) mass is 271 g/mol. The van der Waals surface area contributed by atoms with Gasteiger partial charge in [-0.2, -0.15) is 4.37 Å². The number of hydrogen-bond acceptors (Lipinski definition) is 5. The Hall–Kier alpha value is -1.50. The Morgan fingerprint density at radius 3 is 2.50 bits per heavy atom. The van der Waals surface area contributed by atoms with Crippen LogP contribution < -0.4 is 5.32 Å². The van der Waals surface area contributed by atoms with Gasteiger partial charge in [-0.1, -0.05) is 13.8 Å². The third kappa shape index (κ3) is 3.25. The number of carbonyl (C=O) groups excluding carboxylic acids is 1. The topological polar surface area (TPSA) is 92.2 Å². The molecule has 1 atom stereocenters. The normalized spacial score (nSPS) is 14.3. The number of carbonyl (C=O) groups is 2. The van der Waals surface area contributed by atoms with Crippen molar-refractivity contribution in [3.8, 4) is 0 Å². The summed E-state index contributed by atoms with van der Waals surface area (Å²) in [6.07, 6.45) is -0.0847. The molecule has 7 heteroatoms. The van der Waals surface area contributed by atoms with Crippen LogP contribution in [0.3, 0.4) is 0 Å². The molecule has 1 amide bonds. The Morgan fingerprint density at radius 1 is 1.50 bits per heavy atom. The SMILES string of the molecule is Cc1nsc(NC(=O)CC(C)(C(=O)O)C(C)C)n1. The van der Waals surface area contributed by atoms with E-state index < -0.39 is 11.4 Å². The van der Waals surface area contributed by atoms with Crippen molar-refractivity contribution in [1.29, 1.82) is 0 Å². The van der Waals surface area contributed by atoms with Gasteiger partial charge in [0, 0.05) is 18.0 Å². The fraction of sp³-hybridized carbons (Fsp3) is 0.636. The fourth-order valence-corrected chi connectivity index (χ4v) is 1.96. The average Bonchev–Trinajstić information content (AvgIpc) is 2.62. The number of hydrogen-bond donors (Lipinski definition) is 2. The van der Waals surface area contributed by atoms with Crippen LogP contribution in [0.25, 0.3) is 0 Å². The lowest BCUT2D eigenvalue weighted by Crippen LogP contribution is -2.37. The van der Waals surface area contributed by atoms with Crippen molar-refractivity contribution in [2.24, 2.45) is 11.3 Å². The number of rotatable bonds is 5. The first-order chi connectivity index (χ1) is 8.25. The minimum Gasteiger partial charge on any atom is -0.481 e. The van der Waals surface area contributed by atoms with Crippen molar-refractivity contribution in [2.45, 2.75) is 34.1 Å². The van der Waals surface area contributed by atoms with Gasteiger partial charge < -0.3 is 10.4 Å². The lowest BCUT2D eigenvalue weighted by atomic mass is 9.76. The van der Waals surface area contributed by atoms with Gasteiger partial charge >= 0.3 is 5.97 Å². The maximum Gasteiger partial charge on any atom is 0.310 e. The number of nitrogens with one attached hydrogen (secondary N) is 1. The molecule has 1 rings (SSSR count). The summed E-state index contributed by atoms with van der Waals surface area (Å²) in [6.45, 7) is 6.87. The van der Waals surface area contributed by atoms with Crippen molar-refractivity contribution in [1.82, 2.24) is 9.36 Å². The molecule has 1 unspecified atom stereocenters. The predicted octanol–water partition coefficient (Wildman–Crippen LogP) is 1.92. The third-order valence-corrected chi connectivity index (χ3v) is 3.79. The summed E-state index contributed by atoms with van der Waals surface area (Å²) in [5.74, 6) is -0.886. The highest BCUT2D eigenvalue weighted by Gasteiger charge is 2.38. The van der Waals surface area contributed by atoms with Crippen molar-refractivity contribution < 1.29 is 14.7 Å². The van der Waals surface area contributed by atoms with Crippen molar-refractivity contribution in [3.05, 3.63) is 5.82 Å². The summed E-state index contributed by atoms with van der Waals surface area (Å²) in [5, 5.41) is 12.2. The first kappa shape index (κ1) is 14.6. The minimum atomic E-state index is -1.08. The Morgan fingerprint density at radius 2 is 2.11 bits per heavy atom. The Balaban J connectivity index is 2.71. The zero-order valence-corrected chi connectivity index (χ0v) is 11.7. The first-order valence-corrected chi connectivity index (χ1v) is 6.36. The first-order valence-electron chi connectivity index (χ1n) is 5.59. The third-order valence-electron chi connectivity index (χ3n) is 3.06. The maximum atomic E-state index is 11.8. The highest BCUT2D eigenvalue weighted by atomic mass is 32.1. The second-order valence-corrected chi connectivity index (χ2v) is 5.50. The van der Waals surface area contributed by atoms with Gasteiger partial charge in [0.25, 0.3) is 0 Å². The lowest BCUT2D eigenvalue weighted by Gasteiger charge is -2.27. The van der Waals surface area contributed by atoms with Gasteiger partial charge in [-0.05, 0) is 19.8 Å². The quantitative estimate of drug-likeness (QED) is 0.853. The van der Waals surface area contributed by atoms with Gasteiger partial charge in [-0.25, -0.2) is 4.98 Å². The zero-order valence-electron chi connectivity index (χ0n) is 10.9. The van der Waals surface area contributed by atoms with Crippen LogP contribution in [0, 0.1) is 18.3 Å². The summed E-state index contributed by atoms with van der Waals surface area (Å²) in [6, 6.07) is 0. The van der Waals surface area contributed by atoms with Crippen LogP contribution >= 0.6 is 11.5 Å². The van der Waals surface area contributed by atoms with E-state index in [2.05, 4.69) is 14.7 Å². The number of carboxylic acid groups (broad SMARTS) is 1. The molecule has 0 bridgehead atoms. The van der Waals surface area contributed by atoms with Crippen molar-refractivity contribution in [2.75, 3.05) is 5.32 Å². The van der Waals surface area contributed by atoms with E-state index in [1.165, 1.54) is 0 Å². The summed E-state index contributed by atoms with van der Waals surface area (Å²) in [4.78, 5) is 27.1. The van der Waals surface area contributed by atoms with E-state index in [-0.39, 0.29) is 18.2 Å². The summed E-state index contributed by atoms with van der Waals surface area (Å²) in [5.41, 5.74) is -1.08. The van der Waals surface area contributed by atoms with Crippen molar-refractivity contribution in [3.63, 3.8) is 0 Å². The van der Waals surface area contributed by atoms with E-state index in [0.717, 1.165) is 11.5 Å². The van der Waals surface area contributed by atoms with Gasteiger partial charge in [0.15, 0.2) is 0 Å². The van der Waals surface area contributed by atoms with E-state index >= 15 is 0 Å². The van der Waals surface area contributed by atoms with Gasteiger partial charge in [-0.15, -0.1) is 0 Å². The molecule has 0 saturated heterocycles. The highest BCUT2D eigenvalue weighted by Crippen LogP contribution is 2.31. The molecule has 0 aliphatic carbocycles. The van der Waals surface area contributed by atoms with Crippen LogP contribution in [0.1, 0.15) is 33.0 Å². The molecule has 1 heterocycles. The minimum absolute atomic E-state index is 0.0847. The molecule has 0 aliphatic heterocycles. The number of amides is 1. The molecule has 0 aromatic carbocycles. The highest BCUT2D eigenvalue weighted by molar-refractivity contribution is 7.09. The van der Waals surface area contributed by atoms with E-state index in [9.17, 15) is 14.7 Å². The van der Waals surface area contributed by atoms with E-state index in [1.54, 1.807) is 27.7 Å². The van der Waals surface area contributed by atoms with Crippen LogP contribution in [0.15, 0.2) is 0 Å². The molecular weight excluding hydrogens is 254 g/mol. The average molecular weight is 271 g/mol. The van der Waals surface area contributed by atoms with Gasteiger partial charge in [-0.3, -0.25) is 9.59 Å². The predicted molar refractivity (Wildman–Crippen MR) is 68.5 cm³/mol. The van der Waals surface area contributed by atoms with E-state index in [4.69, 9.17) is 0 Å². The van der Waals surface area contributed by atoms with Crippen LogP contribution in [0.4, 0.5) is 5.13 Å². The lowest BCUT2D eigenvalue weighted by molar-refractivity contribution is -0.153. The molecule has 18 heavy (non-hydrogen) atoms. The molecule has 0 saturated carbocycles. The van der Waals surface area contributed by atoms with Crippen molar-refractivity contribution >= 4 is 28.5 Å². The van der Waals surface area contributed by atoms with Gasteiger partial charge in [0.1, 0.15) is 5.82 Å². The molecule has 0 fully saturated rings. The molecule has 2 N–H and O–H groups in total. The largest absolute Gasteiger partial charge is 0.481 e. The van der Waals surface area contributed by atoms with Crippen LogP contribution in [-0.2, 0) is 9.59 Å². The molecule has 6 nitrogen and oxygen atoms in total. The Bertz CT molecular complexity index is 458. The summed E-state index contributed by atoms with van der Waals surface area (Å²) in [7, 11) is 0. The van der Waals surface area contributed by atoms with E-state index in [0.29, 0.717) is 11.0 Å². The number of aryl methyl sites for hydroxylation is 1. The smallest absolute Gasteiger partial charge is 0.310 e. The number of anilines is 1. The fourth-order valence-electron chi connectivity index (χ4n) is 1.37. The number of nitrogens with zero attached hydrogens (tertiary/aromatic N) is 2. The zero-order chi connectivity index (χ0) is 13.9. The van der Waals surface area contributed by atoms with Crippen LogP contribution in [0.5, 0.6) is 0 Å². The Kier molecular flexibility index (Phi) is 4.39. The Labute approximate surface area is 110 Å². The summed E-state index contributed by atoms with van der Waals surface area (Å²) >= 11 is 1.08.